The first-order valence-electron chi connectivity index (χ1n) is 4.42. The molecular weight excluding hydrogens is 182 g/mol. The number of hydrogen-bond acceptors (Lipinski definition) is 3. The first-order chi connectivity index (χ1) is 6.45. The number of allylic oxidation sites excluding steroid dienone is 3. The van der Waals surface area contributed by atoms with E-state index in [1.165, 1.54) is 0 Å². The number of nitrogens with zero attached hydrogens (tertiary/aromatic N) is 1. The summed E-state index contributed by atoms with van der Waals surface area (Å²) in [6, 6.07) is 0. The van der Waals surface area contributed by atoms with Crippen LogP contribution in [0.4, 0.5) is 0 Å². The fraction of sp³-hybridized carbons (Fsp3) is 0.500. The molecular formula is C10H15NO3. The summed E-state index contributed by atoms with van der Waals surface area (Å²) in [4.78, 5) is 20.8. The van der Waals surface area contributed by atoms with Crippen LogP contribution in [0, 0.1) is 10.1 Å². The van der Waals surface area contributed by atoms with Gasteiger partial charge in [0.05, 0.1) is 4.92 Å². The molecule has 0 saturated heterocycles. The second-order valence-corrected chi connectivity index (χ2v) is 3.17. The summed E-state index contributed by atoms with van der Waals surface area (Å²) >= 11 is 0. The first-order valence-corrected chi connectivity index (χ1v) is 4.42. The highest BCUT2D eigenvalue weighted by Gasteiger charge is 2.18. The van der Waals surface area contributed by atoms with Crippen LogP contribution in [0.15, 0.2) is 22.4 Å². The van der Waals surface area contributed by atoms with Crippen LogP contribution in [0.25, 0.3) is 0 Å². The predicted octanol–water partition coefficient (Wildman–Crippen LogP) is 2.48. The van der Waals surface area contributed by atoms with Crippen molar-refractivity contribution in [3.63, 3.8) is 0 Å². The van der Waals surface area contributed by atoms with Gasteiger partial charge in [0, 0.05) is 11.1 Å². The van der Waals surface area contributed by atoms with E-state index < -0.39 is 4.92 Å². The van der Waals surface area contributed by atoms with E-state index in [1.54, 1.807) is 20.8 Å². The molecule has 14 heavy (non-hydrogen) atoms. The fourth-order valence-electron chi connectivity index (χ4n) is 1.06. The molecule has 0 aliphatic carbocycles. The molecule has 0 N–H and O–H groups in total. The summed E-state index contributed by atoms with van der Waals surface area (Å²) in [5.74, 6) is 0. The van der Waals surface area contributed by atoms with Crippen LogP contribution in [-0.4, -0.2) is 11.2 Å². The normalized spacial score (nSPS) is 14.3. The first kappa shape index (κ1) is 12.6. The van der Waals surface area contributed by atoms with Crippen LogP contribution < -0.4 is 0 Å². The topological polar surface area (TPSA) is 60.2 Å². The van der Waals surface area contributed by atoms with Crippen LogP contribution in [-0.2, 0) is 4.79 Å². The van der Waals surface area contributed by atoms with Crippen molar-refractivity contribution in [2.75, 3.05) is 0 Å². The Morgan fingerprint density at radius 2 is 1.86 bits per heavy atom. The molecule has 0 spiro atoms. The minimum absolute atomic E-state index is 0.0668. The maximum atomic E-state index is 10.8. The molecule has 0 radical (unpaired) electrons. The Hall–Kier alpha value is -1.45. The predicted molar refractivity (Wildman–Crippen MR) is 54.4 cm³/mol. The molecule has 4 heteroatoms. The van der Waals surface area contributed by atoms with E-state index in [1.807, 2.05) is 6.92 Å². The molecule has 0 unspecified atom stereocenters. The van der Waals surface area contributed by atoms with Gasteiger partial charge in [-0.15, -0.1) is 0 Å². The zero-order valence-corrected chi connectivity index (χ0v) is 8.96. The van der Waals surface area contributed by atoms with E-state index in [-0.39, 0.29) is 5.70 Å². The average molecular weight is 197 g/mol. The molecule has 0 bridgehead atoms. The third kappa shape index (κ3) is 2.80. The lowest BCUT2D eigenvalue weighted by Gasteiger charge is -2.03. The van der Waals surface area contributed by atoms with Crippen LogP contribution in [0.3, 0.4) is 0 Å². The molecule has 0 fully saturated rings. The van der Waals surface area contributed by atoms with Gasteiger partial charge in [-0.3, -0.25) is 14.9 Å². The number of carbonyl (C=O) groups excluding carboxylic acids is 1. The molecule has 0 heterocycles. The number of hydrogen-bond donors (Lipinski definition) is 0. The van der Waals surface area contributed by atoms with E-state index in [4.69, 9.17) is 0 Å². The molecule has 0 aromatic heterocycles. The molecule has 0 aromatic rings. The summed E-state index contributed by atoms with van der Waals surface area (Å²) < 4.78 is 0. The van der Waals surface area contributed by atoms with Crippen molar-refractivity contribution in [1.82, 2.24) is 0 Å². The minimum atomic E-state index is -0.429. The second kappa shape index (κ2) is 5.32. The van der Waals surface area contributed by atoms with Crippen molar-refractivity contribution in [1.29, 1.82) is 0 Å². The Balaban J connectivity index is 5.48. The van der Waals surface area contributed by atoms with Crippen LogP contribution in [0.5, 0.6) is 0 Å². The van der Waals surface area contributed by atoms with Crippen LogP contribution in [0.2, 0.25) is 0 Å². The maximum absolute atomic E-state index is 10.8. The Kier molecular flexibility index (Phi) is 4.77. The quantitative estimate of drug-likeness (QED) is 0.229. The summed E-state index contributed by atoms with van der Waals surface area (Å²) in [6.45, 7) is 6.73. The zero-order chi connectivity index (χ0) is 11.3. The number of aldehydes is 1. The Morgan fingerprint density at radius 1 is 1.36 bits per heavy atom. The third-order valence-corrected chi connectivity index (χ3v) is 2.24. The van der Waals surface area contributed by atoms with Crippen molar-refractivity contribution < 1.29 is 9.72 Å². The Bertz CT molecular complexity index is 313. The molecule has 0 atom stereocenters. The fourth-order valence-corrected chi connectivity index (χ4v) is 1.06. The zero-order valence-electron chi connectivity index (χ0n) is 8.96. The third-order valence-electron chi connectivity index (χ3n) is 2.24. The standard InChI is InChI=1S/C10H15NO3/c1-5-7(2)10(11(13)14)9(4)8(3)6-12/h6H,5H2,1-4H3/b9-8+,10-7+. The van der Waals surface area contributed by atoms with Gasteiger partial charge in [0.25, 0.3) is 5.70 Å². The Labute approximate surface area is 83.5 Å². The smallest absolute Gasteiger partial charge is 0.271 e. The van der Waals surface area contributed by atoms with Gasteiger partial charge in [0.1, 0.15) is 6.29 Å². The molecule has 0 aliphatic heterocycles. The van der Waals surface area contributed by atoms with E-state index in [9.17, 15) is 14.9 Å². The molecule has 78 valence electrons. The van der Waals surface area contributed by atoms with Crippen molar-refractivity contribution >= 4 is 6.29 Å². The summed E-state index contributed by atoms with van der Waals surface area (Å²) in [5.41, 5.74) is 1.61. The van der Waals surface area contributed by atoms with Crippen molar-refractivity contribution in [2.24, 2.45) is 0 Å². The van der Waals surface area contributed by atoms with Gasteiger partial charge in [-0.1, -0.05) is 6.92 Å². The highest BCUT2D eigenvalue weighted by atomic mass is 16.6. The highest BCUT2D eigenvalue weighted by Crippen LogP contribution is 2.19. The average Bonchev–Trinajstić information content (AvgIpc) is 2.15. The molecule has 4 nitrogen and oxygen atoms in total. The lowest BCUT2D eigenvalue weighted by molar-refractivity contribution is -0.422. The summed E-state index contributed by atoms with van der Waals surface area (Å²) in [6.07, 6.45) is 1.25. The van der Waals surface area contributed by atoms with Gasteiger partial charge in [-0.2, -0.15) is 0 Å². The molecule has 0 amide bonds. The molecule has 0 saturated carbocycles. The summed E-state index contributed by atoms with van der Waals surface area (Å²) in [7, 11) is 0. The lowest BCUT2D eigenvalue weighted by atomic mass is 10.0. The maximum Gasteiger partial charge on any atom is 0.271 e. The van der Waals surface area contributed by atoms with E-state index >= 15 is 0 Å². The van der Waals surface area contributed by atoms with E-state index in [2.05, 4.69) is 0 Å². The Morgan fingerprint density at radius 3 is 2.14 bits per heavy atom. The number of rotatable bonds is 4. The van der Waals surface area contributed by atoms with E-state index in [0.29, 0.717) is 29.4 Å². The van der Waals surface area contributed by atoms with Crippen molar-refractivity contribution in [3.8, 4) is 0 Å². The van der Waals surface area contributed by atoms with Gasteiger partial charge in [0.2, 0.25) is 0 Å². The number of nitro groups is 1. The van der Waals surface area contributed by atoms with Gasteiger partial charge < -0.3 is 0 Å². The van der Waals surface area contributed by atoms with Gasteiger partial charge >= 0.3 is 0 Å². The van der Waals surface area contributed by atoms with Crippen molar-refractivity contribution in [2.45, 2.75) is 34.1 Å². The molecule has 0 rings (SSSR count). The second-order valence-electron chi connectivity index (χ2n) is 3.17. The van der Waals surface area contributed by atoms with Gasteiger partial charge in [0.15, 0.2) is 0 Å². The molecule has 0 aromatic carbocycles. The monoisotopic (exact) mass is 197 g/mol. The van der Waals surface area contributed by atoms with Gasteiger partial charge in [-0.05, 0) is 32.8 Å². The SMILES string of the molecule is CC/C(C)=C(\C(C)=C(/C)C=O)[N+](=O)[O-]. The highest BCUT2D eigenvalue weighted by molar-refractivity contribution is 5.74. The minimum Gasteiger partial charge on any atom is -0.298 e. The molecule has 0 aliphatic rings. The van der Waals surface area contributed by atoms with Crippen LogP contribution >= 0.6 is 0 Å². The van der Waals surface area contributed by atoms with Crippen molar-refractivity contribution in [3.05, 3.63) is 32.5 Å². The number of carbonyl (C=O) groups is 1. The summed E-state index contributed by atoms with van der Waals surface area (Å²) in [5, 5.41) is 10.8. The van der Waals surface area contributed by atoms with Gasteiger partial charge in [-0.25, -0.2) is 0 Å². The largest absolute Gasteiger partial charge is 0.298 e. The van der Waals surface area contributed by atoms with Crippen LogP contribution in [0.1, 0.15) is 34.1 Å². The van der Waals surface area contributed by atoms with E-state index in [0.717, 1.165) is 0 Å². The lowest BCUT2D eigenvalue weighted by Crippen LogP contribution is -2.05.